The van der Waals surface area contributed by atoms with Gasteiger partial charge in [-0.25, -0.2) is 0 Å². The Bertz CT molecular complexity index is 558. The monoisotopic (exact) mass is 224 g/mol. The van der Waals surface area contributed by atoms with Gasteiger partial charge in [-0.1, -0.05) is 18.2 Å². The van der Waals surface area contributed by atoms with Crippen molar-refractivity contribution in [2.45, 2.75) is 6.42 Å². The Morgan fingerprint density at radius 2 is 2.06 bits per heavy atom. The highest BCUT2D eigenvalue weighted by molar-refractivity contribution is 5.70. The number of benzene rings is 1. The fourth-order valence-corrected chi connectivity index (χ4v) is 1.75. The summed E-state index contributed by atoms with van der Waals surface area (Å²) in [5.41, 5.74) is 2.65. The van der Waals surface area contributed by atoms with Crippen LogP contribution in [0.15, 0.2) is 42.6 Å². The molecule has 0 radical (unpaired) electrons. The molecule has 0 spiro atoms. The van der Waals surface area contributed by atoms with E-state index in [0.717, 1.165) is 22.6 Å². The van der Waals surface area contributed by atoms with E-state index in [2.05, 4.69) is 11.1 Å². The largest absolute Gasteiger partial charge is 0.496 e. The van der Waals surface area contributed by atoms with Crippen LogP contribution >= 0.6 is 0 Å². The van der Waals surface area contributed by atoms with E-state index < -0.39 is 0 Å². The summed E-state index contributed by atoms with van der Waals surface area (Å²) >= 11 is 0. The number of aromatic nitrogens is 1. The van der Waals surface area contributed by atoms with Gasteiger partial charge < -0.3 is 4.74 Å². The third kappa shape index (κ3) is 2.26. The molecule has 17 heavy (non-hydrogen) atoms. The average Bonchev–Trinajstić information content (AvgIpc) is 2.40. The van der Waals surface area contributed by atoms with Crippen molar-refractivity contribution in [1.82, 2.24) is 4.98 Å². The highest BCUT2D eigenvalue weighted by atomic mass is 16.5. The van der Waals surface area contributed by atoms with E-state index in [0.29, 0.717) is 6.42 Å². The molecule has 0 aliphatic rings. The van der Waals surface area contributed by atoms with Gasteiger partial charge in [-0.15, -0.1) is 0 Å². The second kappa shape index (κ2) is 5.13. The van der Waals surface area contributed by atoms with Gasteiger partial charge in [0, 0.05) is 11.8 Å². The van der Waals surface area contributed by atoms with Crippen LogP contribution in [0, 0.1) is 11.3 Å². The summed E-state index contributed by atoms with van der Waals surface area (Å²) in [6.07, 6.45) is 2.07. The maximum absolute atomic E-state index is 8.81. The Labute approximate surface area is 100 Å². The Kier molecular flexibility index (Phi) is 3.37. The van der Waals surface area contributed by atoms with Gasteiger partial charge in [-0.2, -0.15) is 5.26 Å². The van der Waals surface area contributed by atoms with Crippen LogP contribution < -0.4 is 4.74 Å². The summed E-state index contributed by atoms with van der Waals surface area (Å²) in [6.45, 7) is 0. The topological polar surface area (TPSA) is 45.9 Å². The third-order valence-corrected chi connectivity index (χ3v) is 2.52. The molecule has 0 amide bonds. The van der Waals surface area contributed by atoms with E-state index in [-0.39, 0.29) is 0 Å². The van der Waals surface area contributed by atoms with Crippen molar-refractivity contribution in [1.29, 1.82) is 5.26 Å². The van der Waals surface area contributed by atoms with Crippen LogP contribution in [0.2, 0.25) is 0 Å². The summed E-state index contributed by atoms with van der Waals surface area (Å²) in [5.74, 6) is 0.769. The number of methoxy groups -OCH3 is 1. The van der Waals surface area contributed by atoms with Crippen LogP contribution in [-0.4, -0.2) is 12.1 Å². The van der Waals surface area contributed by atoms with Crippen molar-refractivity contribution in [2.75, 3.05) is 7.11 Å². The number of para-hydroxylation sites is 1. The lowest BCUT2D eigenvalue weighted by Crippen LogP contribution is -1.94. The zero-order valence-corrected chi connectivity index (χ0v) is 9.55. The first kappa shape index (κ1) is 11.2. The van der Waals surface area contributed by atoms with E-state index in [4.69, 9.17) is 10.00 Å². The van der Waals surface area contributed by atoms with Gasteiger partial charge in [-0.3, -0.25) is 4.98 Å². The van der Waals surface area contributed by atoms with E-state index in [1.807, 2.05) is 36.4 Å². The molecule has 2 aromatic rings. The minimum Gasteiger partial charge on any atom is -0.496 e. The number of nitrogens with zero attached hydrogens (tertiary/aromatic N) is 2. The second-order valence-electron chi connectivity index (χ2n) is 3.55. The number of hydrogen-bond donors (Lipinski definition) is 0. The molecule has 0 bridgehead atoms. The van der Waals surface area contributed by atoms with Crippen LogP contribution in [0.1, 0.15) is 5.56 Å². The van der Waals surface area contributed by atoms with Crippen LogP contribution in [-0.2, 0) is 6.42 Å². The minimum atomic E-state index is 0.348. The first-order chi connectivity index (χ1) is 8.36. The van der Waals surface area contributed by atoms with Crippen molar-refractivity contribution in [3.63, 3.8) is 0 Å². The molecule has 0 unspecified atom stereocenters. The predicted molar refractivity (Wildman–Crippen MR) is 65.5 cm³/mol. The van der Waals surface area contributed by atoms with E-state index in [1.54, 1.807) is 13.3 Å². The van der Waals surface area contributed by atoms with E-state index in [1.165, 1.54) is 0 Å². The summed E-state index contributed by atoms with van der Waals surface area (Å²) < 4.78 is 5.31. The number of pyridine rings is 1. The number of hydrogen-bond acceptors (Lipinski definition) is 3. The van der Waals surface area contributed by atoms with Crippen LogP contribution in [0.3, 0.4) is 0 Å². The van der Waals surface area contributed by atoms with Gasteiger partial charge in [-0.05, 0) is 23.8 Å². The van der Waals surface area contributed by atoms with Crippen molar-refractivity contribution in [2.24, 2.45) is 0 Å². The lowest BCUT2D eigenvalue weighted by Gasteiger charge is -2.10. The predicted octanol–water partition coefficient (Wildman–Crippen LogP) is 2.82. The summed E-state index contributed by atoms with van der Waals surface area (Å²) in [4.78, 5) is 4.35. The molecule has 0 atom stereocenters. The second-order valence-corrected chi connectivity index (χ2v) is 3.55. The minimum absolute atomic E-state index is 0.348. The Hall–Kier alpha value is -2.34. The molecular weight excluding hydrogens is 212 g/mol. The maximum Gasteiger partial charge on any atom is 0.128 e. The van der Waals surface area contributed by atoms with Gasteiger partial charge in [0.2, 0.25) is 0 Å². The van der Waals surface area contributed by atoms with Gasteiger partial charge in [0.1, 0.15) is 5.75 Å². The molecule has 3 heteroatoms. The lowest BCUT2D eigenvalue weighted by molar-refractivity contribution is 0.416. The van der Waals surface area contributed by atoms with Crippen molar-refractivity contribution in [3.05, 3.63) is 48.2 Å². The molecule has 0 fully saturated rings. The summed E-state index contributed by atoms with van der Waals surface area (Å²) in [6, 6.07) is 13.6. The molecule has 0 saturated carbocycles. The molecule has 1 aromatic carbocycles. The van der Waals surface area contributed by atoms with Crippen LogP contribution in [0.25, 0.3) is 11.3 Å². The van der Waals surface area contributed by atoms with Gasteiger partial charge in [0.05, 0.1) is 25.3 Å². The Morgan fingerprint density at radius 3 is 2.82 bits per heavy atom. The van der Waals surface area contributed by atoms with Crippen molar-refractivity contribution in [3.8, 4) is 23.1 Å². The molecule has 1 aromatic heterocycles. The molecule has 3 nitrogen and oxygen atoms in total. The standard InChI is InChI=1S/C14H12N2O/c1-17-13-7-3-2-6-12(13)14-11(8-9-15)5-4-10-16-14/h2-7,10H,8H2,1H3. The molecule has 0 N–H and O–H groups in total. The van der Waals surface area contributed by atoms with E-state index in [9.17, 15) is 0 Å². The number of ether oxygens (including phenoxy) is 1. The van der Waals surface area contributed by atoms with Crippen LogP contribution in [0.4, 0.5) is 0 Å². The quantitative estimate of drug-likeness (QED) is 0.805. The lowest BCUT2D eigenvalue weighted by atomic mass is 10.0. The van der Waals surface area contributed by atoms with E-state index >= 15 is 0 Å². The van der Waals surface area contributed by atoms with Gasteiger partial charge >= 0.3 is 0 Å². The Balaban J connectivity index is 2.56. The smallest absolute Gasteiger partial charge is 0.128 e. The first-order valence-corrected chi connectivity index (χ1v) is 5.31. The first-order valence-electron chi connectivity index (χ1n) is 5.31. The number of rotatable bonds is 3. The highest BCUT2D eigenvalue weighted by Crippen LogP contribution is 2.30. The molecule has 1 heterocycles. The zero-order chi connectivity index (χ0) is 12.1. The maximum atomic E-state index is 8.81. The van der Waals surface area contributed by atoms with Crippen LogP contribution in [0.5, 0.6) is 5.75 Å². The normalized spacial score (nSPS) is 9.65. The fraction of sp³-hybridized carbons (Fsp3) is 0.143. The Morgan fingerprint density at radius 1 is 1.24 bits per heavy atom. The average molecular weight is 224 g/mol. The molecule has 84 valence electrons. The molecule has 0 saturated heterocycles. The number of nitriles is 1. The van der Waals surface area contributed by atoms with Crippen molar-refractivity contribution < 1.29 is 4.74 Å². The van der Waals surface area contributed by atoms with Crippen molar-refractivity contribution >= 4 is 0 Å². The zero-order valence-electron chi connectivity index (χ0n) is 9.55. The molecule has 2 rings (SSSR count). The molecule has 0 aliphatic carbocycles. The summed E-state index contributed by atoms with van der Waals surface area (Å²) in [5, 5.41) is 8.81. The molecule has 0 aliphatic heterocycles. The highest BCUT2D eigenvalue weighted by Gasteiger charge is 2.10. The molecular formula is C14H12N2O. The van der Waals surface area contributed by atoms with Gasteiger partial charge in [0.25, 0.3) is 0 Å². The van der Waals surface area contributed by atoms with Gasteiger partial charge in [0.15, 0.2) is 0 Å². The summed E-state index contributed by atoms with van der Waals surface area (Å²) in [7, 11) is 1.63. The third-order valence-electron chi connectivity index (χ3n) is 2.52. The SMILES string of the molecule is COc1ccccc1-c1ncccc1CC#N. The fourth-order valence-electron chi connectivity index (χ4n) is 1.75.